The van der Waals surface area contributed by atoms with E-state index in [1.165, 1.54) is 12.3 Å². The summed E-state index contributed by atoms with van der Waals surface area (Å²) in [5.41, 5.74) is 5.42. The summed E-state index contributed by atoms with van der Waals surface area (Å²) in [6.45, 7) is 1.58. The lowest BCUT2D eigenvalue weighted by atomic mass is 10.2. The van der Waals surface area contributed by atoms with Gasteiger partial charge in [-0.25, -0.2) is 18.5 Å². The van der Waals surface area contributed by atoms with E-state index in [9.17, 15) is 8.42 Å². The number of unbranched alkanes of at least 4 members (excludes halogenated alkanes) is 2. The Kier molecular flexibility index (Phi) is 5.52. The highest BCUT2D eigenvalue weighted by atomic mass is 32.2. The van der Waals surface area contributed by atoms with Crippen LogP contribution in [0.5, 0.6) is 0 Å². The minimum atomic E-state index is -3.66. The molecule has 18 heavy (non-hydrogen) atoms. The van der Waals surface area contributed by atoms with Crippen molar-refractivity contribution in [2.75, 3.05) is 25.0 Å². The number of rotatable bonds is 7. The number of primary sulfonamides is 1. The fourth-order valence-corrected chi connectivity index (χ4v) is 2.01. The maximum absolute atomic E-state index is 11.1. The van der Waals surface area contributed by atoms with Crippen LogP contribution in [0.15, 0.2) is 23.2 Å². The molecule has 7 heteroatoms. The molecular weight excluding hydrogens is 252 g/mol. The third-order valence-corrected chi connectivity index (χ3v) is 3.54. The number of hydrogen-bond acceptors (Lipinski definition) is 5. The molecule has 0 aliphatic carbocycles. The number of hydrogen-bond donors (Lipinski definition) is 2. The van der Waals surface area contributed by atoms with Crippen LogP contribution < -0.4 is 15.8 Å². The molecule has 1 rings (SSSR count). The highest BCUT2D eigenvalue weighted by Crippen LogP contribution is 2.12. The lowest BCUT2D eigenvalue weighted by molar-refractivity contribution is 0.597. The Bertz CT molecular complexity index is 458. The zero-order valence-corrected chi connectivity index (χ0v) is 11.4. The summed E-state index contributed by atoms with van der Waals surface area (Å²) < 4.78 is 22.1. The van der Waals surface area contributed by atoms with Crippen molar-refractivity contribution in [1.82, 2.24) is 4.98 Å². The van der Waals surface area contributed by atoms with Gasteiger partial charge in [-0.05, 0) is 31.5 Å². The van der Waals surface area contributed by atoms with Crippen LogP contribution >= 0.6 is 0 Å². The zero-order valence-electron chi connectivity index (χ0n) is 10.5. The Morgan fingerprint density at radius 2 is 2.00 bits per heavy atom. The molecule has 0 aliphatic rings. The van der Waals surface area contributed by atoms with Gasteiger partial charge in [-0.2, -0.15) is 0 Å². The van der Waals surface area contributed by atoms with E-state index in [4.69, 9.17) is 10.9 Å². The molecule has 4 N–H and O–H groups in total. The molecule has 1 aromatic rings. The van der Waals surface area contributed by atoms with Crippen LogP contribution in [0, 0.1) is 0 Å². The smallest absolute Gasteiger partial charge is 0.239 e. The van der Waals surface area contributed by atoms with Gasteiger partial charge in [0.15, 0.2) is 0 Å². The summed E-state index contributed by atoms with van der Waals surface area (Å²) in [7, 11) is -1.75. The van der Waals surface area contributed by atoms with E-state index in [1.54, 1.807) is 6.07 Å². The molecule has 1 heterocycles. The molecular formula is C11H20N4O2S. The van der Waals surface area contributed by atoms with Crippen molar-refractivity contribution in [1.29, 1.82) is 0 Å². The third kappa shape index (κ3) is 4.59. The number of sulfonamides is 1. The van der Waals surface area contributed by atoms with Crippen LogP contribution in [0.2, 0.25) is 0 Å². The predicted octanol–water partition coefficient (Wildman–Crippen LogP) is 0.294. The lowest BCUT2D eigenvalue weighted by Gasteiger charge is -2.17. The fourth-order valence-electron chi connectivity index (χ4n) is 1.55. The van der Waals surface area contributed by atoms with Crippen molar-refractivity contribution in [3.05, 3.63) is 18.3 Å². The Morgan fingerprint density at radius 1 is 1.28 bits per heavy atom. The van der Waals surface area contributed by atoms with Crippen molar-refractivity contribution in [3.63, 3.8) is 0 Å². The summed E-state index contributed by atoms with van der Waals surface area (Å²) in [5.74, 6) is 0.732. The zero-order chi connectivity index (χ0) is 13.6. The van der Waals surface area contributed by atoms with E-state index in [-0.39, 0.29) is 4.90 Å². The maximum Gasteiger partial charge on any atom is 0.239 e. The highest BCUT2D eigenvalue weighted by molar-refractivity contribution is 7.89. The van der Waals surface area contributed by atoms with Crippen molar-refractivity contribution in [3.8, 4) is 0 Å². The van der Waals surface area contributed by atoms with Crippen LogP contribution in [-0.4, -0.2) is 33.5 Å². The van der Waals surface area contributed by atoms with Gasteiger partial charge in [-0.1, -0.05) is 6.42 Å². The van der Waals surface area contributed by atoms with Crippen LogP contribution in [-0.2, 0) is 10.0 Å². The van der Waals surface area contributed by atoms with Gasteiger partial charge in [0.2, 0.25) is 10.0 Å². The first-order chi connectivity index (χ1) is 8.45. The van der Waals surface area contributed by atoms with E-state index in [0.29, 0.717) is 6.54 Å². The minimum absolute atomic E-state index is 0.0304. The van der Waals surface area contributed by atoms with E-state index < -0.39 is 10.0 Å². The molecule has 1 aromatic heterocycles. The number of pyridine rings is 1. The van der Waals surface area contributed by atoms with E-state index in [1.807, 2.05) is 11.9 Å². The quantitative estimate of drug-likeness (QED) is 0.695. The fraction of sp³-hybridized carbons (Fsp3) is 0.545. The molecule has 0 amide bonds. The lowest BCUT2D eigenvalue weighted by Crippen LogP contribution is -2.20. The molecule has 0 saturated heterocycles. The van der Waals surface area contributed by atoms with Gasteiger partial charge in [-0.15, -0.1) is 0 Å². The molecule has 0 unspecified atom stereocenters. The standard InChI is InChI=1S/C11H20N4O2S/c1-15(8-4-2-3-7-12)11-6-5-10(9-14-11)18(13,16)17/h5-6,9H,2-4,7-8,12H2,1H3,(H2,13,16,17). The molecule has 0 radical (unpaired) electrons. The molecule has 0 aliphatic heterocycles. The van der Waals surface area contributed by atoms with Gasteiger partial charge in [-0.3, -0.25) is 0 Å². The molecule has 0 aromatic carbocycles. The first kappa shape index (κ1) is 14.9. The monoisotopic (exact) mass is 272 g/mol. The van der Waals surface area contributed by atoms with Crippen molar-refractivity contribution < 1.29 is 8.42 Å². The molecule has 0 bridgehead atoms. The number of aromatic nitrogens is 1. The van der Waals surface area contributed by atoms with Gasteiger partial charge >= 0.3 is 0 Å². The van der Waals surface area contributed by atoms with E-state index in [0.717, 1.165) is 31.6 Å². The highest BCUT2D eigenvalue weighted by Gasteiger charge is 2.09. The van der Waals surface area contributed by atoms with Crippen molar-refractivity contribution in [2.45, 2.75) is 24.2 Å². The van der Waals surface area contributed by atoms with Crippen LogP contribution in [0.1, 0.15) is 19.3 Å². The molecule has 0 atom stereocenters. The molecule has 0 spiro atoms. The third-order valence-electron chi connectivity index (χ3n) is 2.64. The second-order valence-electron chi connectivity index (χ2n) is 4.17. The van der Waals surface area contributed by atoms with Crippen LogP contribution in [0.3, 0.4) is 0 Å². The largest absolute Gasteiger partial charge is 0.360 e. The Balaban J connectivity index is 2.57. The van der Waals surface area contributed by atoms with Gasteiger partial charge in [0.05, 0.1) is 0 Å². The molecule has 0 saturated carbocycles. The van der Waals surface area contributed by atoms with Crippen LogP contribution in [0.4, 0.5) is 5.82 Å². The second-order valence-corrected chi connectivity index (χ2v) is 5.73. The summed E-state index contributed by atoms with van der Waals surface area (Å²) in [4.78, 5) is 6.09. The van der Waals surface area contributed by atoms with Gasteiger partial charge in [0, 0.05) is 19.8 Å². The van der Waals surface area contributed by atoms with Crippen molar-refractivity contribution in [2.24, 2.45) is 10.9 Å². The summed E-state index contributed by atoms with van der Waals surface area (Å²) >= 11 is 0. The van der Waals surface area contributed by atoms with Gasteiger partial charge < -0.3 is 10.6 Å². The average Bonchev–Trinajstić information content (AvgIpc) is 2.33. The van der Waals surface area contributed by atoms with E-state index in [2.05, 4.69) is 4.98 Å². The SMILES string of the molecule is CN(CCCCCN)c1ccc(S(N)(=O)=O)cn1. The number of anilines is 1. The molecule has 102 valence electrons. The first-order valence-corrected chi connectivity index (χ1v) is 7.40. The number of nitrogens with zero attached hydrogens (tertiary/aromatic N) is 2. The summed E-state index contributed by atoms with van der Waals surface area (Å²) in [5, 5.41) is 5.00. The Labute approximate surface area is 108 Å². The van der Waals surface area contributed by atoms with Gasteiger partial charge in [0.1, 0.15) is 10.7 Å². The normalized spacial score (nSPS) is 11.5. The topological polar surface area (TPSA) is 102 Å². The minimum Gasteiger partial charge on any atom is -0.360 e. The predicted molar refractivity (Wildman–Crippen MR) is 71.8 cm³/mol. The van der Waals surface area contributed by atoms with Gasteiger partial charge in [0.25, 0.3) is 0 Å². The molecule has 0 fully saturated rings. The summed E-state index contributed by atoms with van der Waals surface area (Å²) in [6, 6.07) is 3.12. The maximum atomic E-state index is 11.1. The van der Waals surface area contributed by atoms with E-state index >= 15 is 0 Å². The number of nitrogens with two attached hydrogens (primary N) is 2. The first-order valence-electron chi connectivity index (χ1n) is 5.85. The second kappa shape index (κ2) is 6.67. The summed E-state index contributed by atoms with van der Waals surface area (Å²) in [6.07, 6.45) is 4.41. The Hall–Kier alpha value is -1.18. The van der Waals surface area contributed by atoms with Crippen molar-refractivity contribution >= 4 is 15.8 Å². The van der Waals surface area contributed by atoms with Crippen LogP contribution in [0.25, 0.3) is 0 Å². The molecule has 6 nitrogen and oxygen atoms in total. The Morgan fingerprint density at radius 3 is 2.50 bits per heavy atom. The average molecular weight is 272 g/mol.